The van der Waals surface area contributed by atoms with Gasteiger partial charge in [0, 0.05) is 22.9 Å². The molecule has 0 fully saturated rings. The first-order valence-electron chi connectivity index (χ1n) is 6.78. The number of hydrogen-bond acceptors (Lipinski definition) is 3. The maximum Gasteiger partial charge on any atom is 0.212 e. The molecule has 0 radical (unpaired) electrons. The van der Waals surface area contributed by atoms with Crippen LogP contribution in [0.3, 0.4) is 0 Å². The van der Waals surface area contributed by atoms with Crippen molar-refractivity contribution in [2.45, 2.75) is 26.7 Å². The lowest BCUT2D eigenvalue weighted by Gasteiger charge is -1.98. The highest BCUT2D eigenvalue weighted by atomic mass is 79.9. The van der Waals surface area contributed by atoms with Crippen LogP contribution in [0.1, 0.15) is 30.1 Å². The fourth-order valence-electron chi connectivity index (χ4n) is 2.76. The summed E-state index contributed by atoms with van der Waals surface area (Å²) in [5.74, 6) is 0.632. The van der Waals surface area contributed by atoms with E-state index >= 15 is 0 Å². The van der Waals surface area contributed by atoms with Gasteiger partial charge in [-0.05, 0) is 23.6 Å². The Balaban J connectivity index is 1.83. The molecule has 1 aromatic carbocycles. The van der Waals surface area contributed by atoms with Gasteiger partial charge in [0.25, 0.3) is 0 Å². The number of fused-ring (bicyclic) bond motifs is 5. The third-order valence-electron chi connectivity index (χ3n) is 3.60. The fourth-order valence-corrected chi connectivity index (χ4v) is 4.29. The maximum absolute atomic E-state index is 4.80. The Bertz CT molecular complexity index is 816. The van der Waals surface area contributed by atoms with E-state index < -0.39 is 0 Å². The number of rotatable bonds is 2. The average Bonchev–Trinajstić information content (AvgIpc) is 2.97. The van der Waals surface area contributed by atoms with E-state index in [0.717, 1.165) is 28.0 Å². The van der Waals surface area contributed by atoms with Gasteiger partial charge in [0.2, 0.25) is 4.96 Å². The van der Waals surface area contributed by atoms with E-state index in [2.05, 4.69) is 48.0 Å². The monoisotopic (exact) mass is 347 g/mol. The highest BCUT2D eigenvalue weighted by molar-refractivity contribution is 9.10. The van der Waals surface area contributed by atoms with Gasteiger partial charge in [0.05, 0.1) is 11.4 Å². The minimum Gasteiger partial charge on any atom is -0.217 e. The van der Waals surface area contributed by atoms with Crippen LogP contribution in [0.15, 0.2) is 22.7 Å². The quantitative estimate of drug-likeness (QED) is 0.540. The molecular weight excluding hydrogens is 334 g/mol. The number of benzene rings is 1. The van der Waals surface area contributed by atoms with Crippen molar-refractivity contribution in [2.75, 3.05) is 0 Å². The summed E-state index contributed by atoms with van der Waals surface area (Å²) in [5.41, 5.74) is 4.94. The van der Waals surface area contributed by atoms with Crippen LogP contribution >= 0.6 is 27.3 Å². The van der Waals surface area contributed by atoms with Gasteiger partial charge in [-0.1, -0.05) is 47.2 Å². The van der Waals surface area contributed by atoms with Crippen molar-refractivity contribution in [3.05, 3.63) is 38.9 Å². The van der Waals surface area contributed by atoms with Gasteiger partial charge < -0.3 is 0 Å². The van der Waals surface area contributed by atoms with Gasteiger partial charge in [0.1, 0.15) is 5.01 Å². The zero-order valence-electron chi connectivity index (χ0n) is 11.4. The zero-order chi connectivity index (χ0) is 13.9. The molecule has 0 saturated carbocycles. The second-order valence-electron chi connectivity index (χ2n) is 5.67. The van der Waals surface area contributed by atoms with E-state index in [9.17, 15) is 0 Å². The van der Waals surface area contributed by atoms with Crippen molar-refractivity contribution in [1.29, 1.82) is 0 Å². The van der Waals surface area contributed by atoms with Gasteiger partial charge in [-0.3, -0.25) is 0 Å². The molecule has 5 heteroatoms. The smallest absolute Gasteiger partial charge is 0.212 e. The Morgan fingerprint density at radius 1 is 1.40 bits per heavy atom. The van der Waals surface area contributed by atoms with Crippen molar-refractivity contribution in [3.8, 4) is 11.3 Å². The summed E-state index contributed by atoms with van der Waals surface area (Å²) in [4.78, 5) is 5.82. The minimum atomic E-state index is 0.632. The van der Waals surface area contributed by atoms with E-state index in [1.165, 1.54) is 21.8 Å². The predicted octanol–water partition coefficient (Wildman–Crippen LogP) is 4.32. The van der Waals surface area contributed by atoms with Gasteiger partial charge >= 0.3 is 0 Å². The molecule has 0 saturated heterocycles. The number of halogens is 1. The van der Waals surface area contributed by atoms with Crippen molar-refractivity contribution in [2.24, 2.45) is 5.92 Å². The number of hydrogen-bond donors (Lipinski definition) is 0. The van der Waals surface area contributed by atoms with Crippen LogP contribution in [-0.4, -0.2) is 14.6 Å². The Morgan fingerprint density at radius 3 is 3.05 bits per heavy atom. The number of aromatic nitrogens is 3. The standard InChI is InChI=1S/C15H14BrN3S/c1-8(2)5-13-18-19-12-7-9-6-10(16)3-4-11(9)14(12)17-15(19)20-13/h3-4,6,8H,5,7H2,1-2H3. The lowest BCUT2D eigenvalue weighted by molar-refractivity contribution is 0.635. The zero-order valence-corrected chi connectivity index (χ0v) is 13.8. The van der Waals surface area contributed by atoms with E-state index in [1.54, 1.807) is 11.3 Å². The normalized spacial score (nSPS) is 13.2. The molecule has 1 aliphatic carbocycles. The first-order chi connectivity index (χ1) is 9.61. The molecule has 0 atom stereocenters. The summed E-state index contributed by atoms with van der Waals surface area (Å²) in [7, 11) is 0. The van der Waals surface area contributed by atoms with Crippen LogP contribution in [0.2, 0.25) is 0 Å². The Hall–Kier alpha value is -1.20. The summed E-state index contributed by atoms with van der Waals surface area (Å²) < 4.78 is 3.17. The van der Waals surface area contributed by atoms with Gasteiger partial charge in [-0.25, -0.2) is 9.50 Å². The third-order valence-corrected chi connectivity index (χ3v) is 5.03. The maximum atomic E-state index is 4.80. The van der Waals surface area contributed by atoms with Gasteiger partial charge in [0.15, 0.2) is 0 Å². The van der Waals surface area contributed by atoms with Crippen LogP contribution in [-0.2, 0) is 12.8 Å². The predicted molar refractivity (Wildman–Crippen MR) is 85.3 cm³/mol. The highest BCUT2D eigenvalue weighted by Crippen LogP contribution is 2.38. The Labute approximate surface area is 129 Å². The van der Waals surface area contributed by atoms with Crippen molar-refractivity contribution in [1.82, 2.24) is 14.6 Å². The van der Waals surface area contributed by atoms with E-state index in [4.69, 9.17) is 10.1 Å². The minimum absolute atomic E-state index is 0.632. The van der Waals surface area contributed by atoms with Crippen LogP contribution in [0.25, 0.3) is 16.2 Å². The van der Waals surface area contributed by atoms with Gasteiger partial charge in [-0.2, -0.15) is 5.10 Å². The van der Waals surface area contributed by atoms with E-state index in [-0.39, 0.29) is 0 Å². The van der Waals surface area contributed by atoms with Crippen molar-refractivity contribution >= 4 is 32.2 Å². The van der Waals surface area contributed by atoms with Crippen LogP contribution in [0.4, 0.5) is 0 Å². The van der Waals surface area contributed by atoms with E-state index in [0.29, 0.717) is 5.92 Å². The first-order valence-corrected chi connectivity index (χ1v) is 8.39. The molecular formula is C15H14BrN3S. The highest BCUT2D eigenvalue weighted by Gasteiger charge is 2.26. The molecule has 20 heavy (non-hydrogen) atoms. The molecule has 2 heterocycles. The average molecular weight is 348 g/mol. The number of imidazole rings is 1. The summed E-state index contributed by atoms with van der Waals surface area (Å²) in [6.45, 7) is 4.45. The van der Waals surface area contributed by atoms with Crippen molar-refractivity contribution in [3.63, 3.8) is 0 Å². The fraction of sp³-hybridized carbons (Fsp3) is 0.333. The second-order valence-corrected chi connectivity index (χ2v) is 7.63. The molecule has 0 spiro atoms. The van der Waals surface area contributed by atoms with E-state index in [1.807, 2.05) is 4.52 Å². The molecule has 102 valence electrons. The molecule has 3 aromatic rings. The molecule has 1 aliphatic rings. The molecule has 2 aromatic heterocycles. The van der Waals surface area contributed by atoms with Gasteiger partial charge in [-0.15, -0.1) is 0 Å². The van der Waals surface area contributed by atoms with Crippen molar-refractivity contribution < 1.29 is 0 Å². The first kappa shape index (κ1) is 12.5. The molecule has 3 nitrogen and oxygen atoms in total. The lowest BCUT2D eigenvalue weighted by atomic mass is 10.1. The molecule has 0 amide bonds. The molecule has 0 unspecified atom stereocenters. The van der Waals surface area contributed by atoms with Crippen LogP contribution < -0.4 is 0 Å². The number of nitrogens with zero attached hydrogens (tertiary/aromatic N) is 3. The Kier molecular flexibility index (Phi) is 2.76. The molecule has 4 rings (SSSR count). The molecule has 0 N–H and O–H groups in total. The molecule has 0 bridgehead atoms. The Morgan fingerprint density at radius 2 is 2.25 bits per heavy atom. The summed E-state index contributed by atoms with van der Waals surface area (Å²) >= 11 is 5.26. The second kappa shape index (κ2) is 4.40. The lowest BCUT2D eigenvalue weighted by Crippen LogP contribution is -1.97. The molecule has 0 aliphatic heterocycles. The van der Waals surface area contributed by atoms with Crippen LogP contribution in [0, 0.1) is 5.92 Å². The summed E-state index contributed by atoms with van der Waals surface area (Å²) in [5, 5.41) is 5.93. The SMILES string of the molecule is CC(C)Cc1nn2c3c(nc2s1)-c1ccc(Br)cc1C3. The topological polar surface area (TPSA) is 30.2 Å². The third kappa shape index (κ3) is 1.84. The largest absolute Gasteiger partial charge is 0.217 e. The van der Waals surface area contributed by atoms with Crippen LogP contribution in [0.5, 0.6) is 0 Å². The summed E-state index contributed by atoms with van der Waals surface area (Å²) in [6, 6.07) is 6.42. The summed E-state index contributed by atoms with van der Waals surface area (Å²) in [6.07, 6.45) is 1.96.